The molecule has 0 aliphatic carbocycles. The molecule has 1 amide bonds. The third kappa shape index (κ3) is 3.19. The van der Waals surface area contributed by atoms with Gasteiger partial charge >= 0.3 is 0 Å². The summed E-state index contributed by atoms with van der Waals surface area (Å²) in [7, 11) is 1.87. The molecule has 0 bridgehead atoms. The first kappa shape index (κ1) is 15.2. The zero-order valence-corrected chi connectivity index (χ0v) is 13.8. The molecule has 0 radical (unpaired) electrons. The zero-order valence-electron chi connectivity index (χ0n) is 13.0. The number of benzene rings is 1. The summed E-state index contributed by atoms with van der Waals surface area (Å²) in [5.41, 5.74) is 2.25. The zero-order chi connectivity index (χ0) is 15.5. The van der Waals surface area contributed by atoms with Gasteiger partial charge in [-0.2, -0.15) is 5.10 Å². The van der Waals surface area contributed by atoms with Crippen molar-refractivity contribution in [2.45, 2.75) is 24.5 Å². The second-order valence-electron chi connectivity index (χ2n) is 5.78. The Morgan fingerprint density at radius 2 is 2.14 bits per heavy atom. The molecule has 2 aromatic rings. The van der Waals surface area contributed by atoms with Crippen molar-refractivity contribution < 1.29 is 4.79 Å². The molecule has 1 aliphatic rings. The molecule has 0 N–H and O–H groups in total. The highest BCUT2D eigenvalue weighted by atomic mass is 32.2. The van der Waals surface area contributed by atoms with Gasteiger partial charge in [0.15, 0.2) is 0 Å². The van der Waals surface area contributed by atoms with E-state index in [0.717, 1.165) is 24.4 Å². The lowest BCUT2D eigenvalue weighted by molar-refractivity contribution is -0.116. The predicted octanol–water partition coefficient (Wildman–Crippen LogP) is 3.06. The van der Waals surface area contributed by atoms with Crippen LogP contribution in [0.15, 0.2) is 42.7 Å². The van der Waals surface area contributed by atoms with Gasteiger partial charge in [-0.05, 0) is 17.9 Å². The molecule has 1 saturated heterocycles. The maximum Gasteiger partial charge on any atom is 0.240 e. The fourth-order valence-corrected chi connectivity index (χ4v) is 4.01. The normalized spacial score (nSPS) is 19.6. The van der Waals surface area contributed by atoms with E-state index >= 15 is 0 Å². The number of nitrogens with zero attached hydrogens (tertiary/aromatic N) is 3. The number of aryl methyl sites for hydroxylation is 1. The monoisotopic (exact) mass is 315 g/mol. The number of rotatable bonds is 5. The molecule has 22 heavy (non-hydrogen) atoms. The minimum atomic E-state index is 0.0753. The van der Waals surface area contributed by atoms with Crippen LogP contribution in [-0.2, 0) is 11.8 Å². The lowest BCUT2D eigenvalue weighted by Gasteiger charge is -2.16. The minimum absolute atomic E-state index is 0.0753. The van der Waals surface area contributed by atoms with Crippen LogP contribution in [0.1, 0.15) is 24.8 Å². The number of thioether (sulfide) groups is 1. The molecule has 1 aromatic heterocycles. The predicted molar refractivity (Wildman–Crippen MR) is 91.3 cm³/mol. The van der Waals surface area contributed by atoms with E-state index in [2.05, 4.69) is 36.3 Å². The van der Waals surface area contributed by atoms with Gasteiger partial charge in [0.25, 0.3) is 0 Å². The number of hydrogen-bond donors (Lipinski definition) is 0. The highest BCUT2D eigenvalue weighted by molar-refractivity contribution is 8.00. The van der Waals surface area contributed by atoms with Crippen molar-refractivity contribution in [1.29, 1.82) is 0 Å². The third-order valence-corrected chi connectivity index (χ3v) is 5.61. The van der Waals surface area contributed by atoms with Crippen molar-refractivity contribution in [1.82, 2.24) is 9.78 Å². The van der Waals surface area contributed by atoms with E-state index in [9.17, 15) is 4.79 Å². The smallest absolute Gasteiger partial charge is 0.240 e. The topological polar surface area (TPSA) is 38.1 Å². The quantitative estimate of drug-likeness (QED) is 0.851. The molecule has 2 heterocycles. The van der Waals surface area contributed by atoms with E-state index in [1.54, 1.807) is 22.6 Å². The van der Waals surface area contributed by atoms with Crippen LogP contribution in [0.5, 0.6) is 0 Å². The maximum atomic E-state index is 12.5. The number of carbonyl (C=O) groups excluding carboxylic acids is 1. The highest BCUT2D eigenvalue weighted by Crippen LogP contribution is 2.31. The summed E-state index contributed by atoms with van der Waals surface area (Å²) in [5, 5.41) is 4.23. The van der Waals surface area contributed by atoms with Gasteiger partial charge in [0.2, 0.25) is 5.91 Å². The van der Waals surface area contributed by atoms with E-state index < -0.39 is 0 Å². The number of hydrogen-bond acceptors (Lipinski definition) is 3. The Hall–Kier alpha value is -1.75. The van der Waals surface area contributed by atoms with Gasteiger partial charge in [0, 0.05) is 25.5 Å². The summed E-state index contributed by atoms with van der Waals surface area (Å²) < 4.78 is 1.74. The van der Waals surface area contributed by atoms with Crippen molar-refractivity contribution >= 4 is 23.4 Å². The number of amides is 1. The molecule has 0 spiro atoms. The molecule has 1 aliphatic heterocycles. The molecule has 3 rings (SSSR count). The highest BCUT2D eigenvalue weighted by Gasteiger charge is 2.33. The van der Waals surface area contributed by atoms with Gasteiger partial charge in [-0.25, -0.2) is 0 Å². The van der Waals surface area contributed by atoms with Crippen molar-refractivity contribution in [3.63, 3.8) is 0 Å². The number of anilines is 1. The van der Waals surface area contributed by atoms with Crippen LogP contribution in [0.4, 0.5) is 5.69 Å². The Morgan fingerprint density at radius 1 is 1.36 bits per heavy atom. The van der Waals surface area contributed by atoms with Gasteiger partial charge in [-0.3, -0.25) is 9.48 Å². The molecule has 4 nitrogen and oxygen atoms in total. The molecule has 2 atom stereocenters. The summed E-state index contributed by atoms with van der Waals surface area (Å²) in [6.07, 6.45) is 4.58. The van der Waals surface area contributed by atoms with Gasteiger partial charge in [-0.15, -0.1) is 11.8 Å². The molecule has 1 fully saturated rings. The fourth-order valence-electron chi connectivity index (χ4n) is 2.75. The van der Waals surface area contributed by atoms with E-state index in [4.69, 9.17) is 0 Å². The fraction of sp³-hybridized carbons (Fsp3) is 0.412. The van der Waals surface area contributed by atoms with E-state index in [0.29, 0.717) is 5.92 Å². The SMILES string of the molecule is CC(CSC1CCN(c2cnn(C)c2)C1=O)c1ccccc1. The average molecular weight is 315 g/mol. The lowest BCUT2D eigenvalue weighted by atomic mass is 10.0. The Morgan fingerprint density at radius 3 is 2.82 bits per heavy atom. The van der Waals surface area contributed by atoms with E-state index in [1.807, 2.05) is 24.2 Å². The second-order valence-corrected chi connectivity index (χ2v) is 7.02. The third-order valence-electron chi connectivity index (χ3n) is 4.08. The van der Waals surface area contributed by atoms with E-state index in [1.165, 1.54) is 5.56 Å². The summed E-state index contributed by atoms with van der Waals surface area (Å²) in [4.78, 5) is 14.4. The molecule has 2 unspecified atom stereocenters. The van der Waals surface area contributed by atoms with Crippen LogP contribution >= 0.6 is 11.8 Å². The first-order valence-electron chi connectivity index (χ1n) is 7.61. The molecule has 5 heteroatoms. The lowest BCUT2D eigenvalue weighted by Crippen LogP contribution is -2.28. The van der Waals surface area contributed by atoms with Crippen LogP contribution in [0.2, 0.25) is 0 Å². The standard InChI is InChI=1S/C17H21N3OS/c1-13(14-6-4-3-5-7-14)12-22-16-8-9-20(17(16)21)15-10-18-19(2)11-15/h3-7,10-11,13,16H,8-9,12H2,1-2H3. The molecular weight excluding hydrogens is 294 g/mol. The van der Waals surface area contributed by atoms with E-state index in [-0.39, 0.29) is 11.2 Å². The summed E-state index contributed by atoms with van der Waals surface area (Å²) in [5.74, 6) is 1.66. The van der Waals surface area contributed by atoms with Crippen molar-refractivity contribution in [2.24, 2.45) is 7.05 Å². The van der Waals surface area contributed by atoms with Crippen molar-refractivity contribution in [2.75, 3.05) is 17.2 Å². The van der Waals surface area contributed by atoms with Gasteiger partial charge < -0.3 is 4.90 Å². The van der Waals surface area contributed by atoms with Crippen molar-refractivity contribution in [3.8, 4) is 0 Å². The van der Waals surface area contributed by atoms with Gasteiger partial charge in [0.1, 0.15) is 0 Å². The summed E-state index contributed by atoms with van der Waals surface area (Å²) in [6.45, 7) is 3.02. The second kappa shape index (κ2) is 6.57. The molecule has 0 saturated carbocycles. The number of carbonyl (C=O) groups is 1. The summed E-state index contributed by atoms with van der Waals surface area (Å²) >= 11 is 1.78. The largest absolute Gasteiger partial charge is 0.308 e. The minimum Gasteiger partial charge on any atom is -0.308 e. The van der Waals surface area contributed by atoms with Gasteiger partial charge in [0.05, 0.1) is 17.1 Å². The van der Waals surface area contributed by atoms with Crippen LogP contribution in [0.25, 0.3) is 0 Å². The van der Waals surface area contributed by atoms with Crippen LogP contribution in [-0.4, -0.2) is 33.2 Å². The Kier molecular flexibility index (Phi) is 4.52. The first-order chi connectivity index (χ1) is 10.6. The Balaban J connectivity index is 1.57. The van der Waals surface area contributed by atoms with Crippen molar-refractivity contribution in [3.05, 3.63) is 48.3 Å². The average Bonchev–Trinajstić information content (AvgIpc) is 3.12. The Bertz CT molecular complexity index is 640. The Labute approximate surface area is 135 Å². The first-order valence-corrected chi connectivity index (χ1v) is 8.66. The number of aromatic nitrogens is 2. The molecular formula is C17H21N3OS. The summed E-state index contributed by atoms with van der Waals surface area (Å²) in [6, 6.07) is 10.5. The van der Waals surface area contributed by atoms with Crippen LogP contribution < -0.4 is 4.90 Å². The van der Waals surface area contributed by atoms with Crippen LogP contribution in [0, 0.1) is 0 Å². The maximum absolute atomic E-state index is 12.5. The molecule has 1 aromatic carbocycles. The van der Waals surface area contributed by atoms with Gasteiger partial charge in [-0.1, -0.05) is 37.3 Å². The van der Waals surface area contributed by atoms with Crippen LogP contribution in [0.3, 0.4) is 0 Å². The molecule has 116 valence electrons.